The van der Waals surface area contributed by atoms with Crippen LogP contribution in [-0.2, 0) is 4.79 Å². The molecule has 5 heteroatoms. The minimum absolute atomic E-state index is 0.0827. The fourth-order valence-corrected chi connectivity index (χ4v) is 5.02. The lowest BCUT2D eigenvalue weighted by atomic mass is 9.70. The zero-order chi connectivity index (χ0) is 15.5. The predicted molar refractivity (Wildman–Crippen MR) is 85.4 cm³/mol. The second-order valence-electron chi connectivity index (χ2n) is 7.33. The summed E-state index contributed by atoms with van der Waals surface area (Å²) in [5.74, 6) is 0.204. The molecule has 0 aromatic rings. The van der Waals surface area contributed by atoms with Crippen LogP contribution in [0.15, 0.2) is 40.9 Å². The van der Waals surface area contributed by atoms with Crippen molar-refractivity contribution in [3.05, 3.63) is 35.9 Å². The molecule has 2 bridgehead atoms. The summed E-state index contributed by atoms with van der Waals surface area (Å²) in [6, 6.07) is 0.390. The van der Waals surface area contributed by atoms with Gasteiger partial charge in [0.1, 0.15) is 18.4 Å². The zero-order valence-electron chi connectivity index (χ0n) is 13.2. The van der Waals surface area contributed by atoms with Gasteiger partial charge in [-0.15, -0.1) is 0 Å². The topological polar surface area (TPSA) is 58.7 Å². The predicted octanol–water partition coefficient (Wildman–Crippen LogP) is 1.50. The number of nitrogens with two attached hydrogens (primary N) is 1. The molecule has 3 fully saturated rings. The van der Waals surface area contributed by atoms with Crippen LogP contribution in [0.25, 0.3) is 0 Å². The molecule has 3 saturated heterocycles. The number of amides is 1. The second kappa shape index (κ2) is 4.40. The summed E-state index contributed by atoms with van der Waals surface area (Å²) in [5.41, 5.74) is 7.09. The Hall–Kier alpha value is -1.72. The van der Waals surface area contributed by atoms with Gasteiger partial charge in [-0.2, -0.15) is 0 Å². The van der Waals surface area contributed by atoms with E-state index in [1.165, 1.54) is 25.9 Å². The minimum Gasteiger partial charge on any atom is -0.364 e. The van der Waals surface area contributed by atoms with E-state index < -0.39 is 5.91 Å². The maximum Gasteiger partial charge on any atom is 0.272 e. The van der Waals surface area contributed by atoms with E-state index in [4.69, 9.17) is 5.73 Å². The van der Waals surface area contributed by atoms with Crippen LogP contribution in [0.2, 0.25) is 0 Å². The molecule has 5 aliphatic heterocycles. The molecular formula is C17H23N4O+. The standard InChI is InChI=1S/C17H22N4O/c1-17(2)15(12-5-7-20(17)8-6-12)21-9-3-4-13(21)10-19-14(11-21)16(18)22/h3-4,9-12,15H,5-8H2,1-2H3,(H-,18,22)/p+1. The fourth-order valence-electron chi connectivity index (χ4n) is 5.02. The van der Waals surface area contributed by atoms with Crippen molar-refractivity contribution in [1.29, 1.82) is 0 Å². The van der Waals surface area contributed by atoms with Crippen LogP contribution in [-0.4, -0.2) is 46.2 Å². The number of nitrogens with zero attached hydrogens (tertiary/aromatic N) is 3. The van der Waals surface area contributed by atoms with E-state index in [1.807, 2.05) is 12.4 Å². The number of piperidine rings is 3. The van der Waals surface area contributed by atoms with Crippen molar-refractivity contribution in [2.45, 2.75) is 38.3 Å². The molecule has 0 radical (unpaired) electrons. The summed E-state index contributed by atoms with van der Waals surface area (Å²) in [6.07, 6.45) is 12.6. The van der Waals surface area contributed by atoms with E-state index >= 15 is 0 Å². The Labute approximate surface area is 131 Å². The number of quaternary nitrogens is 1. The smallest absolute Gasteiger partial charge is 0.272 e. The largest absolute Gasteiger partial charge is 0.364 e. The van der Waals surface area contributed by atoms with E-state index in [-0.39, 0.29) is 5.54 Å². The quantitative estimate of drug-likeness (QED) is 0.786. The lowest BCUT2D eigenvalue weighted by Gasteiger charge is -2.60. The SMILES string of the molecule is CC1(C)C([N+]23C=CC=C2C=NC(C(N)=O)=C3)C2CCN1CC2. The number of carbonyl (C=O) groups is 1. The lowest BCUT2D eigenvalue weighted by molar-refractivity contribution is -0.824. The molecular weight excluding hydrogens is 276 g/mol. The maximum absolute atomic E-state index is 11.7. The molecule has 0 aromatic carbocycles. The highest BCUT2D eigenvalue weighted by Crippen LogP contribution is 2.49. The highest BCUT2D eigenvalue weighted by molar-refractivity contribution is 5.95. The van der Waals surface area contributed by atoms with Gasteiger partial charge in [-0.1, -0.05) is 0 Å². The van der Waals surface area contributed by atoms with E-state index in [1.54, 1.807) is 0 Å². The number of hydrogen-bond acceptors (Lipinski definition) is 3. The number of rotatable bonds is 2. The average molecular weight is 299 g/mol. The van der Waals surface area contributed by atoms with Crippen LogP contribution in [0.1, 0.15) is 26.7 Å². The van der Waals surface area contributed by atoms with Crippen LogP contribution in [0.4, 0.5) is 0 Å². The van der Waals surface area contributed by atoms with Gasteiger partial charge in [0.2, 0.25) is 0 Å². The Morgan fingerprint density at radius 1 is 1.41 bits per heavy atom. The first-order valence-electron chi connectivity index (χ1n) is 8.05. The van der Waals surface area contributed by atoms with E-state index in [0.717, 1.165) is 5.70 Å². The average Bonchev–Trinajstić information content (AvgIpc) is 2.90. The molecule has 2 unspecified atom stereocenters. The van der Waals surface area contributed by atoms with Gasteiger partial charge in [0.25, 0.3) is 5.91 Å². The van der Waals surface area contributed by atoms with Crippen molar-refractivity contribution in [2.24, 2.45) is 16.6 Å². The highest BCUT2D eigenvalue weighted by atomic mass is 16.1. The van der Waals surface area contributed by atoms with Crippen molar-refractivity contribution in [2.75, 3.05) is 13.1 Å². The van der Waals surface area contributed by atoms with E-state index in [0.29, 0.717) is 22.1 Å². The highest BCUT2D eigenvalue weighted by Gasteiger charge is 2.59. The van der Waals surface area contributed by atoms with Crippen molar-refractivity contribution < 1.29 is 9.28 Å². The van der Waals surface area contributed by atoms with Crippen LogP contribution < -0.4 is 5.73 Å². The summed E-state index contributed by atoms with van der Waals surface area (Å²) in [7, 11) is 0. The second-order valence-corrected chi connectivity index (χ2v) is 7.33. The first kappa shape index (κ1) is 13.9. The lowest BCUT2D eigenvalue weighted by Crippen LogP contribution is -2.72. The van der Waals surface area contributed by atoms with Crippen molar-refractivity contribution in [3.8, 4) is 0 Å². The van der Waals surface area contributed by atoms with Gasteiger partial charge in [-0.3, -0.25) is 9.69 Å². The normalized spacial score (nSPS) is 41.1. The zero-order valence-corrected chi connectivity index (χ0v) is 13.2. The van der Waals surface area contributed by atoms with Crippen LogP contribution in [0.5, 0.6) is 0 Å². The molecule has 5 nitrogen and oxygen atoms in total. The molecule has 2 N–H and O–H groups in total. The van der Waals surface area contributed by atoms with Gasteiger partial charge >= 0.3 is 0 Å². The molecule has 22 heavy (non-hydrogen) atoms. The summed E-state index contributed by atoms with van der Waals surface area (Å²) >= 11 is 0. The molecule has 1 amide bonds. The monoisotopic (exact) mass is 299 g/mol. The number of primary amides is 1. The van der Waals surface area contributed by atoms with Crippen molar-refractivity contribution in [3.63, 3.8) is 0 Å². The number of carbonyl (C=O) groups excluding carboxylic acids is 1. The number of fused-ring (bicyclic) bond motifs is 5. The van der Waals surface area contributed by atoms with Gasteiger partial charge in [0, 0.05) is 12.0 Å². The third kappa shape index (κ3) is 1.66. The van der Waals surface area contributed by atoms with Gasteiger partial charge < -0.3 is 5.73 Å². The Bertz CT molecular complexity index is 650. The summed E-state index contributed by atoms with van der Waals surface area (Å²) in [5, 5.41) is 0. The summed E-state index contributed by atoms with van der Waals surface area (Å²) < 4.78 is 0.593. The molecule has 5 heterocycles. The van der Waals surface area contributed by atoms with Gasteiger partial charge in [0.15, 0.2) is 11.4 Å². The summed E-state index contributed by atoms with van der Waals surface area (Å²) in [4.78, 5) is 18.5. The molecule has 0 aliphatic carbocycles. The first-order valence-corrected chi connectivity index (χ1v) is 8.05. The number of hydrogen-bond donors (Lipinski definition) is 1. The molecule has 2 atom stereocenters. The Morgan fingerprint density at radius 3 is 2.77 bits per heavy atom. The maximum atomic E-state index is 11.7. The Morgan fingerprint density at radius 2 is 2.14 bits per heavy atom. The van der Waals surface area contributed by atoms with Gasteiger partial charge in [-0.05, 0) is 45.9 Å². The van der Waals surface area contributed by atoms with E-state index in [9.17, 15) is 4.79 Å². The molecule has 0 aromatic heterocycles. The fraction of sp³-hybridized carbons (Fsp3) is 0.529. The molecule has 116 valence electrons. The third-order valence-electron chi connectivity index (χ3n) is 5.96. The molecule has 0 saturated carbocycles. The third-order valence-corrected chi connectivity index (χ3v) is 5.96. The number of aliphatic imine (C=N–C) groups is 1. The molecule has 5 rings (SSSR count). The molecule has 5 aliphatic rings. The first-order chi connectivity index (χ1) is 10.4. The Balaban J connectivity index is 1.86. The Kier molecular flexibility index (Phi) is 2.78. The van der Waals surface area contributed by atoms with Crippen molar-refractivity contribution >= 4 is 12.1 Å². The van der Waals surface area contributed by atoms with E-state index in [2.05, 4.69) is 42.1 Å². The van der Waals surface area contributed by atoms with Crippen LogP contribution in [0, 0.1) is 5.92 Å². The number of allylic oxidation sites excluding steroid dienone is 3. The summed E-state index contributed by atoms with van der Waals surface area (Å²) in [6.45, 7) is 7.03. The van der Waals surface area contributed by atoms with Gasteiger partial charge in [-0.25, -0.2) is 9.48 Å². The minimum atomic E-state index is -0.452. The van der Waals surface area contributed by atoms with Crippen LogP contribution >= 0.6 is 0 Å². The molecule has 0 spiro atoms. The van der Waals surface area contributed by atoms with Crippen molar-refractivity contribution in [1.82, 2.24) is 4.90 Å². The van der Waals surface area contributed by atoms with Crippen LogP contribution in [0.3, 0.4) is 0 Å². The van der Waals surface area contributed by atoms with Gasteiger partial charge in [0.05, 0.1) is 11.8 Å².